The van der Waals surface area contributed by atoms with Crippen LogP contribution in [0.1, 0.15) is 54.5 Å². The molecule has 2 aromatic heterocycles. The monoisotopic (exact) mass is 611 g/mol. The number of aryl methyl sites for hydroxylation is 2. The minimum atomic E-state index is -4.45. The van der Waals surface area contributed by atoms with E-state index in [4.69, 9.17) is 24.7 Å². The third-order valence-corrected chi connectivity index (χ3v) is 6.69. The van der Waals surface area contributed by atoms with Crippen molar-refractivity contribution in [3.05, 3.63) is 88.9 Å². The van der Waals surface area contributed by atoms with Crippen molar-refractivity contribution in [1.82, 2.24) is 9.97 Å². The Bertz CT molecular complexity index is 1600. The van der Waals surface area contributed by atoms with E-state index >= 15 is 0 Å². The van der Waals surface area contributed by atoms with Crippen LogP contribution in [0, 0.1) is 6.92 Å². The normalized spacial score (nSPS) is 12.3. The molecule has 0 amide bonds. The molecule has 0 saturated heterocycles. The summed E-state index contributed by atoms with van der Waals surface area (Å²) >= 11 is 0. The van der Waals surface area contributed by atoms with Crippen molar-refractivity contribution in [2.24, 2.45) is 5.73 Å². The van der Waals surface area contributed by atoms with Gasteiger partial charge < -0.3 is 24.7 Å². The highest BCUT2D eigenvalue weighted by molar-refractivity contribution is 5.78. The molecule has 0 saturated carbocycles. The molecule has 232 valence electrons. The third kappa shape index (κ3) is 8.22. The van der Waals surface area contributed by atoms with Gasteiger partial charge in [-0.2, -0.15) is 13.2 Å². The summed E-state index contributed by atoms with van der Waals surface area (Å²) in [6.45, 7) is 5.43. The lowest BCUT2D eigenvalue weighted by atomic mass is 9.97. The number of benzene rings is 2. The molecule has 0 aliphatic carbocycles. The van der Waals surface area contributed by atoms with Gasteiger partial charge in [-0.1, -0.05) is 18.2 Å². The van der Waals surface area contributed by atoms with E-state index in [9.17, 15) is 22.8 Å². The Labute approximate surface area is 251 Å². The molecule has 0 spiro atoms. The fourth-order valence-electron chi connectivity index (χ4n) is 4.42. The van der Waals surface area contributed by atoms with E-state index in [0.29, 0.717) is 57.5 Å². The molecule has 0 aliphatic heterocycles. The van der Waals surface area contributed by atoms with Crippen LogP contribution < -0.4 is 10.5 Å². The maximum absolute atomic E-state index is 12.8. The van der Waals surface area contributed by atoms with Crippen molar-refractivity contribution in [3.63, 3.8) is 0 Å². The number of hydrogen-bond acceptors (Lipinski definition) is 8. The average Bonchev–Trinajstić information content (AvgIpc) is 3.35. The summed E-state index contributed by atoms with van der Waals surface area (Å²) in [6, 6.07) is 13.2. The SMILES string of the molecule is Cc1oc(-c2ccc(-c3ccc(C(F)(F)F)cn3)cc2)nc1CCOc1ccc(CCC(=O)O)c(C(N)C(=O)OC(C)C)c1. The quantitative estimate of drug-likeness (QED) is 0.176. The van der Waals surface area contributed by atoms with Crippen molar-refractivity contribution in [1.29, 1.82) is 0 Å². The van der Waals surface area contributed by atoms with Gasteiger partial charge in [0.15, 0.2) is 0 Å². The lowest BCUT2D eigenvalue weighted by Gasteiger charge is -2.18. The molecule has 0 bridgehead atoms. The fourth-order valence-corrected chi connectivity index (χ4v) is 4.42. The molecular weight excluding hydrogens is 579 g/mol. The number of hydrogen-bond donors (Lipinski definition) is 2. The van der Waals surface area contributed by atoms with Gasteiger partial charge in [-0.25, -0.2) is 9.78 Å². The Hall–Kier alpha value is -4.71. The van der Waals surface area contributed by atoms with Gasteiger partial charge in [-0.3, -0.25) is 9.78 Å². The summed E-state index contributed by atoms with van der Waals surface area (Å²) in [5.74, 6) is -0.169. The minimum absolute atomic E-state index is 0.123. The standard InChI is InChI=1S/C32H32F3N3O6/c1-18(2)43-31(41)29(36)25-16-24(11-8-20(25)9-13-28(39)40)42-15-14-26-19(3)44-30(38-26)22-6-4-21(5-7-22)27-12-10-23(17-37-27)32(33,34)35/h4-8,10-12,16-18,29H,9,13-15,36H2,1-3H3,(H,39,40). The van der Waals surface area contributed by atoms with Crippen LogP contribution in [-0.4, -0.2) is 39.7 Å². The molecule has 2 aromatic carbocycles. The van der Waals surface area contributed by atoms with E-state index in [-0.39, 0.29) is 25.6 Å². The lowest BCUT2D eigenvalue weighted by molar-refractivity contribution is -0.149. The zero-order valence-corrected chi connectivity index (χ0v) is 24.4. The number of esters is 1. The zero-order valence-electron chi connectivity index (χ0n) is 24.4. The molecule has 9 nitrogen and oxygen atoms in total. The number of halogens is 3. The first-order chi connectivity index (χ1) is 20.8. The van der Waals surface area contributed by atoms with Crippen LogP contribution in [0.2, 0.25) is 0 Å². The highest BCUT2D eigenvalue weighted by Gasteiger charge is 2.30. The van der Waals surface area contributed by atoms with Gasteiger partial charge >= 0.3 is 18.1 Å². The summed E-state index contributed by atoms with van der Waals surface area (Å²) in [5, 5.41) is 9.10. The Morgan fingerprint density at radius 3 is 2.34 bits per heavy atom. The number of rotatable bonds is 12. The second-order valence-electron chi connectivity index (χ2n) is 10.3. The van der Waals surface area contributed by atoms with Gasteiger partial charge in [-0.05, 0) is 74.7 Å². The maximum atomic E-state index is 12.8. The predicted octanol–water partition coefficient (Wildman–Crippen LogP) is 6.32. The number of carboxylic acids is 1. The van der Waals surface area contributed by atoms with Crippen LogP contribution in [0.3, 0.4) is 0 Å². The summed E-state index contributed by atoms with van der Waals surface area (Å²) in [5.41, 5.74) is 8.82. The van der Waals surface area contributed by atoms with E-state index in [2.05, 4.69) is 9.97 Å². The van der Waals surface area contributed by atoms with E-state index < -0.39 is 29.7 Å². The maximum Gasteiger partial charge on any atom is 0.417 e. The number of pyridine rings is 1. The highest BCUT2D eigenvalue weighted by atomic mass is 19.4. The van der Waals surface area contributed by atoms with Gasteiger partial charge in [0.1, 0.15) is 17.6 Å². The lowest BCUT2D eigenvalue weighted by Crippen LogP contribution is -2.27. The van der Waals surface area contributed by atoms with E-state index in [1.807, 2.05) is 0 Å². The van der Waals surface area contributed by atoms with Gasteiger partial charge in [0, 0.05) is 30.2 Å². The summed E-state index contributed by atoms with van der Waals surface area (Å²) < 4.78 is 55.5. The van der Waals surface area contributed by atoms with Crippen molar-refractivity contribution in [2.45, 2.75) is 58.4 Å². The van der Waals surface area contributed by atoms with Crippen LogP contribution in [-0.2, 0) is 33.3 Å². The number of alkyl halides is 3. The van der Waals surface area contributed by atoms with Gasteiger partial charge in [0.05, 0.1) is 29.7 Å². The molecule has 1 unspecified atom stereocenters. The summed E-state index contributed by atoms with van der Waals surface area (Å²) in [4.78, 5) is 32.1. The summed E-state index contributed by atoms with van der Waals surface area (Å²) in [7, 11) is 0. The van der Waals surface area contributed by atoms with E-state index in [0.717, 1.165) is 12.3 Å². The van der Waals surface area contributed by atoms with Crippen molar-refractivity contribution in [3.8, 4) is 28.5 Å². The Morgan fingerprint density at radius 1 is 1.02 bits per heavy atom. The molecule has 2 heterocycles. The van der Waals surface area contributed by atoms with Crippen LogP contribution in [0.15, 0.2) is 65.2 Å². The predicted molar refractivity (Wildman–Crippen MR) is 155 cm³/mol. The zero-order chi connectivity index (χ0) is 32.0. The van der Waals surface area contributed by atoms with Gasteiger partial charge in [-0.15, -0.1) is 0 Å². The number of aliphatic carboxylic acids is 1. The molecule has 12 heteroatoms. The first-order valence-corrected chi connectivity index (χ1v) is 13.9. The van der Waals surface area contributed by atoms with E-state index in [1.165, 1.54) is 6.07 Å². The third-order valence-electron chi connectivity index (χ3n) is 6.69. The van der Waals surface area contributed by atoms with Crippen LogP contribution in [0.4, 0.5) is 13.2 Å². The number of carbonyl (C=O) groups excluding carboxylic acids is 1. The van der Waals surface area contributed by atoms with Gasteiger partial charge in [0.2, 0.25) is 5.89 Å². The van der Waals surface area contributed by atoms with Crippen LogP contribution in [0.25, 0.3) is 22.7 Å². The number of ether oxygens (including phenoxy) is 2. The second kappa shape index (κ2) is 13.7. The largest absolute Gasteiger partial charge is 0.493 e. The minimum Gasteiger partial charge on any atom is -0.493 e. The van der Waals surface area contributed by atoms with Crippen LogP contribution >= 0.6 is 0 Å². The van der Waals surface area contributed by atoms with E-state index in [1.54, 1.807) is 63.2 Å². The van der Waals surface area contributed by atoms with Crippen molar-refractivity contribution >= 4 is 11.9 Å². The Morgan fingerprint density at radius 2 is 1.73 bits per heavy atom. The molecule has 0 aliphatic rings. The van der Waals surface area contributed by atoms with Crippen molar-refractivity contribution < 1.29 is 41.8 Å². The molecule has 1 atom stereocenters. The number of carboxylic acid groups (broad SMARTS) is 1. The number of nitrogens with zero attached hydrogens (tertiary/aromatic N) is 2. The first kappa shape index (κ1) is 32.2. The number of nitrogens with two attached hydrogens (primary N) is 1. The second-order valence-corrected chi connectivity index (χ2v) is 10.3. The number of oxazole rings is 1. The number of carbonyl (C=O) groups is 2. The molecule has 0 radical (unpaired) electrons. The highest BCUT2D eigenvalue weighted by Crippen LogP contribution is 2.31. The topological polar surface area (TPSA) is 138 Å². The first-order valence-electron chi connectivity index (χ1n) is 13.9. The molecule has 0 fully saturated rings. The van der Waals surface area contributed by atoms with Crippen molar-refractivity contribution in [2.75, 3.05) is 6.61 Å². The average molecular weight is 612 g/mol. The van der Waals surface area contributed by atoms with Gasteiger partial charge in [0.25, 0.3) is 0 Å². The van der Waals surface area contributed by atoms with Crippen LogP contribution in [0.5, 0.6) is 5.75 Å². The molecule has 44 heavy (non-hydrogen) atoms. The fraction of sp³-hybridized carbons (Fsp3) is 0.312. The smallest absolute Gasteiger partial charge is 0.417 e. The summed E-state index contributed by atoms with van der Waals surface area (Å²) in [6.07, 6.45) is -3.54. The Kier molecular flexibility index (Phi) is 10.0. The Balaban J connectivity index is 1.42. The molecule has 3 N–H and O–H groups in total. The molecule has 4 rings (SSSR count). The number of aromatic nitrogens is 2. The molecular formula is C32H32F3N3O6. The molecule has 4 aromatic rings.